The minimum atomic E-state index is -1.13. The molecule has 2 aromatic rings. The molecule has 8 nitrogen and oxygen atoms in total. The van der Waals surface area contributed by atoms with Gasteiger partial charge in [-0.25, -0.2) is 0 Å². The van der Waals surface area contributed by atoms with Gasteiger partial charge in [-0.2, -0.15) is 0 Å². The van der Waals surface area contributed by atoms with Gasteiger partial charge < -0.3 is 29.6 Å². The molecule has 0 N–H and O–H groups in total. The number of nitrogens with zero attached hydrogens (tertiary/aromatic N) is 2. The van der Waals surface area contributed by atoms with Gasteiger partial charge in [0.15, 0.2) is 0 Å². The Kier molecular flexibility index (Phi) is 14.6. The van der Waals surface area contributed by atoms with E-state index in [4.69, 9.17) is 0 Å². The molecule has 0 radical (unpaired) electrons. The summed E-state index contributed by atoms with van der Waals surface area (Å²) >= 11 is 0. The van der Waals surface area contributed by atoms with Gasteiger partial charge in [-0.05, 0) is 73.3 Å². The second-order valence-corrected chi connectivity index (χ2v) is 14.0. The number of carbonyl (C=O) groups excluding carboxylic acids is 4. The van der Waals surface area contributed by atoms with Crippen molar-refractivity contribution in [3.8, 4) is 0 Å². The summed E-state index contributed by atoms with van der Waals surface area (Å²) in [6.07, 6.45) is 10.7. The summed E-state index contributed by atoms with van der Waals surface area (Å²) in [6.45, 7) is 3.26. The maximum atomic E-state index is 12.5. The van der Waals surface area contributed by atoms with E-state index in [0.29, 0.717) is 36.5 Å². The van der Waals surface area contributed by atoms with Crippen molar-refractivity contribution in [1.82, 2.24) is 9.80 Å². The molecule has 2 amide bonds. The SMILES string of the molecule is O=C([O-])[C@@H](CC(=O)N1C[C@H]2CCCC[C@H]2C1)Cc1ccccc1.O=C([O-])[C@@H](CC(=O)N1C[C@H]2CCCC[C@H]2C1)Cc1ccccc1.[Ca+2]. The second kappa shape index (κ2) is 18.4. The summed E-state index contributed by atoms with van der Waals surface area (Å²) in [4.78, 5) is 51.7. The van der Waals surface area contributed by atoms with Crippen molar-refractivity contribution in [2.45, 2.75) is 77.0 Å². The van der Waals surface area contributed by atoms with Crippen molar-refractivity contribution in [1.29, 1.82) is 0 Å². The van der Waals surface area contributed by atoms with Crippen LogP contribution in [0, 0.1) is 35.5 Å². The van der Waals surface area contributed by atoms with E-state index in [-0.39, 0.29) is 62.4 Å². The molecule has 248 valence electrons. The van der Waals surface area contributed by atoms with Crippen molar-refractivity contribution in [2.75, 3.05) is 26.2 Å². The molecule has 0 bridgehead atoms. The van der Waals surface area contributed by atoms with Gasteiger partial charge in [-0.1, -0.05) is 86.3 Å². The molecule has 4 aliphatic rings. The Bertz CT molecular complexity index is 1190. The standard InChI is InChI=1S/2C19H25NO3.Ca/c2*21-18(20-12-15-8-4-5-9-16(15)13-20)11-17(19(22)23)10-14-6-2-1-3-7-14;/h2*1-3,6-7,15-17H,4-5,8-13H2,(H,22,23);/q;;+2/p-2/t2*15-,16+,17-;/m11./s1. The molecule has 9 heteroatoms. The van der Waals surface area contributed by atoms with Gasteiger partial charge >= 0.3 is 37.7 Å². The second-order valence-electron chi connectivity index (χ2n) is 14.0. The zero-order valence-electron chi connectivity index (χ0n) is 27.6. The van der Waals surface area contributed by atoms with Crippen LogP contribution in [0.25, 0.3) is 0 Å². The van der Waals surface area contributed by atoms with Gasteiger partial charge in [0.1, 0.15) is 0 Å². The van der Waals surface area contributed by atoms with E-state index < -0.39 is 23.8 Å². The smallest absolute Gasteiger partial charge is 0.550 e. The summed E-state index contributed by atoms with van der Waals surface area (Å²) in [5.74, 6) is -1.27. The fourth-order valence-electron chi connectivity index (χ4n) is 8.17. The quantitative estimate of drug-likeness (QED) is 0.359. The van der Waals surface area contributed by atoms with E-state index in [0.717, 1.165) is 37.3 Å². The number of carbonyl (C=O) groups is 4. The van der Waals surface area contributed by atoms with Crippen molar-refractivity contribution < 1.29 is 29.4 Å². The summed E-state index contributed by atoms with van der Waals surface area (Å²) in [6, 6.07) is 18.9. The predicted molar refractivity (Wildman–Crippen MR) is 176 cm³/mol. The van der Waals surface area contributed by atoms with Gasteiger partial charge in [0, 0.05) is 62.8 Å². The first kappa shape index (κ1) is 37.4. The third-order valence-electron chi connectivity index (χ3n) is 10.8. The molecular formula is C38H48CaN2O6. The molecule has 2 aromatic carbocycles. The summed E-state index contributed by atoms with van der Waals surface area (Å²) < 4.78 is 0. The number of carboxylic acid groups (broad SMARTS) is 2. The zero-order valence-corrected chi connectivity index (χ0v) is 29.8. The molecule has 6 atom stereocenters. The molecule has 6 rings (SSSR count). The maximum absolute atomic E-state index is 12.5. The molecule has 2 saturated heterocycles. The van der Waals surface area contributed by atoms with E-state index in [9.17, 15) is 29.4 Å². The normalized spacial score (nSPS) is 24.4. The Morgan fingerprint density at radius 1 is 0.553 bits per heavy atom. The zero-order chi connectivity index (χ0) is 32.5. The van der Waals surface area contributed by atoms with Crippen molar-refractivity contribution in [2.24, 2.45) is 35.5 Å². The number of likely N-dealkylation sites (tertiary alicyclic amines) is 2. The number of benzene rings is 2. The van der Waals surface area contributed by atoms with Crippen LogP contribution in [-0.2, 0) is 32.0 Å². The molecule has 0 spiro atoms. The molecular weight excluding hydrogens is 621 g/mol. The molecule has 0 unspecified atom stereocenters. The molecule has 2 saturated carbocycles. The minimum absolute atomic E-state index is 0. The van der Waals surface area contributed by atoms with E-state index in [1.54, 1.807) is 0 Å². The average molecular weight is 669 g/mol. The van der Waals surface area contributed by atoms with Gasteiger partial charge in [0.25, 0.3) is 0 Å². The molecule has 2 heterocycles. The number of amides is 2. The minimum Gasteiger partial charge on any atom is -0.550 e. The van der Waals surface area contributed by atoms with Crippen LogP contribution >= 0.6 is 0 Å². The fraction of sp³-hybridized carbons (Fsp3) is 0.579. The number of aliphatic carboxylic acids is 2. The van der Waals surface area contributed by atoms with Gasteiger partial charge in [0.2, 0.25) is 11.8 Å². The molecule has 2 aliphatic heterocycles. The number of carboxylic acids is 2. The van der Waals surface area contributed by atoms with Crippen LogP contribution < -0.4 is 10.2 Å². The van der Waals surface area contributed by atoms with Crippen LogP contribution in [0.2, 0.25) is 0 Å². The third kappa shape index (κ3) is 10.8. The van der Waals surface area contributed by atoms with E-state index in [1.807, 2.05) is 70.5 Å². The van der Waals surface area contributed by atoms with Crippen LogP contribution in [0.15, 0.2) is 60.7 Å². The first-order valence-electron chi connectivity index (χ1n) is 17.3. The van der Waals surface area contributed by atoms with Crippen LogP contribution in [0.4, 0.5) is 0 Å². The van der Waals surface area contributed by atoms with Crippen LogP contribution in [0.5, 0.6) is 0 Å². The monoisotopic (exact) mass is 668 g/mol. The van der Waals surface area contributed by atoms with Gasteiger partial charge in [-0.15, -0.1) is 0 Å². The Balaban J connectivity index is 0.000000208. The summed E-state index contributed by atoms with van der Waals surface area (Å²) in [5, 5.41) is 22.8. The van der Waals surface area contributed by atoms with Crippen LogP contribution in [0.3, 0.4) is 0 Å². The van der Waals surface area contributed by atoms with Gasteiger partial charge in [-0.3, -0.25) is 9.59 Å². The van der Waals surface area contributed by atoms with Gasteiger partial charge in [0.05, 0.1) is 0 Å². The largest absolute Gasteiger partial charge is 2.00 e. The van der Waals surface area contributed by atoms with Crippen LogP contribution in [0.1, 0.15) is 75.3 Å². The Morgan fingerprint density at radius 3 is 1.13 bits per heavy atom. The fourth-order valence-corrected chi connectivity index (χ4v) is 8.17. The van der Waals surface area contributed by atoms with E-state index in [2.05, 4.69) is 0 Å². The molecule has 0 aromatic heterocycles. The molecule has 47 heavy (non-hydrogen) atoms. The predicted octanol–water partition coefficient (Wildman–Crippen LogP) is 2.89. The van der Waals surface area contributed by atoms with Crippen LogP contribution in [-0.4, -0.2) is 97.5 Å². The molecule has 2 aliphatic carbocycles. The Labute approximate surface area is 309 Å². The van der Waals surface area contributed by atoms with Crippen molar-refractivity contribution >= 4 is 61.5 Å². The topological polar surface area (TPSA) is 121 Å². The van der Waals surface area contributed by atoms with Crippen molar-refractivity contribution in [3.63, 3.8) is 0 Å². The van der Waals surface area contributed by atoms with Crippen molar-refractivity contribution in [3.05, 3.63) is 71.8 Å². The molecule has 4 fully saturated rings. The number of rotatable bonds is 10. The Morgan fingerprint density at radius 2 is 0.851 bits per heavy atom. The number of hydrogen-bond donors (Lipinski definition) is 0. The number of hydrogen-bond acceptors (Lipinski definition) is 6. The van der Waals surface area contributed by atoms with E-state index >= 15 is 0 Å². The average Bonchev–Trinajstić information content (AvgIpc) is 3.70. The van der Waals surface area contributed by atoms with E-state index in [1.165, 1.54) is 51.4 Å². The first-order chi connectivity index (χ1) is 22.3. The Hall–Kier alpha value is -2.42. The first-order valence-corrected chi connectivity index (χ1v) is 17.3. The third-order valence-corrected chi connectivity index (χ3v) is 10.8. The summed E-state index contributed by atoms with van der Waals surface area (Å²) in [5.41, 5.74) is 1.87. The summed E-state index contributed by atoms with van der Waals surface area (Å²) in [7, 11) is 0. The maximum Gasteiger partial charge on any atom is 2.00 e. The number of fused-ring (bicyclic) bond motifs is 2.